The number of carbonyl (C=O) groups is 1. The maximum absolute atomic E-state index is 13.8. The third kappa shape index (κ3) is 5.30. The van der Waals surface area contributed by atoms with E-state index in [1.54, 1.807) is 45.9 Å². The zero-order chi connectivity index (χ0) is 26.0. The number of hydrogen-bond donors (Lipinski definition) is 0. The number of anilines is 1. The van der Waals surface area contributed by atoms with Gasteiger partial charge in [-0.2, -0.15) is 4.31 Å². The smallest absolute Gasteiger partial charge is 0.260 e. The lowest BCUT2D eigenvalue weighted by Crippen LogP contribution is -2.32. The molecule has 4 aromatic rings. The number of sulfonamides is 1. The van der Waals surface area contributed by atoms with Crippen molar-refractivity contribution in [2.24, 2.45) is 0 Å². The zero-order valence-electron chi connectivity index (χ0n) is 21.1. The molecule has 1 saturated heterocycles. The van der Waals surface area contributed by atoms with Gasteiger partial charge in [0.05, 0.1) is 21.7 Å². The van der Waals surface area contributed by atoms with Crippen LogP contribution < -0.4 is 4.90 Å². The van der Waals surface area contributed by atoms with Crippen LogP contribution in [0.15, 0.2) is 65.8 Å². The monoisotopic (exact) mass is 534 g/mol. The second kappa shape index (κ2) is 10.7. The number of pyridine rings is 1. The summed E-state index contributed by atoms with van der Waals surface area (Å²) in [5, 5.41) is 0.596. The highest BCUT2D eigenvalue weighted by molar-refractivity contribution is 7.89. The van der Waals surface area contributed by atoms with Crippen molar-refractivity contribution < 1.29 is 13.2 Å². The van der Waals surface area contributed by atoms with E-state index in [-0.39, 0.29) is 10.8 Å². The molecule has 3 heterocycles. The number of hydrogen-bond acceptors (Lipinski definition) is 6. The molecule has 0 N–H and O–H groups in total. The predicted octanol–water partition coefficient (Wildman–Crippen LogP) is 5.72. The van der Waals surface area contributed by atoms with E-state index in [0.29, 0.717) is 30.3 Å². The van der Waals surface area contributed by atoms with Crippen LogP contribution in [0, 0.1) is 13.8 Å². The quantitative estimate of drug-likeness (QED) is 0.316. The summed E-state index contributed by atoms with van der Waals surface area (Å²) in [7, 11) is -3.59. The van der Waals surface area contributed by atoms with Gasteiger partial charge in [0.25, 0.3) is 5.91 Å². The van der Waals surface area contributed by atoms with Crippen LogP contribution in [0.5, 0.6) is 0 Å². The standard InChI is InChI=1S/C28H30N4O3S2/c1-20-9-14-25-26(21(20)2)30-28(36-25)32(19-22-8-7-15-29-18-22)27(33)23-10-12-24(13-11-23)37(34,35)31-16-5-3-4-6-17-31/h7-15,18H,3-6,16-17,19H2,1-2H3. The number of aromatic nitrogens is 2. The molecule has 1 amide bonds. The summed E-state index contributed by atoms with van der Waals surface area (Å²) < 4.78 is 29.0. The molecule has 7 nitrogen and oxygen atoms in total. The fraction of sp³-hybridized carbons (Fsp3) is 0.321. The molecule has 9 heteroatoms. The molecular weight excluding hydrogens is 504 g/mol. The molecule has 0 spiro atoms. The maximum atomic E-state index is 13.8. The van der Waals surface area contributed by atoms with E-state index in [9.17, 15) is 13.2 Å². The highest BCUT2D eigenvalue weighted by Gasteiger charge is 2.27. The lowest BCUT2D eigenvalue weighted by Gasteiger charge is -2.21. The molecule has 0 aliphatic carbocycles. The Labute approximate surface area is 221 Å². The van der Waals surface area contributed by atoms with Crippen molar-refractivity contribution >= 4 is 42.6 Å². The van der Waals surface area contributed by atoms with Gasteiger partial charge in [0, 0.05) is 31.0 Å². The van der Waals surface area contributed by atoms with Gasteiger partial charge in [-0.25, -0.2) is 13.4 Å². The fourth-order valence-electron chi connectivity index (χ4n) is 4.59. The SMILES string of the molecule is Cc1ccc2sc(N(Cc3cccnc3)C(=O)c3ccc(S(=O)(=O)N4CCCCCC4)cc3)nc2c1C. The molecule has 0 bridgehead atoms. The summed E-state index contributed by atoms with van der Waals surface area (Å²) in [6.07, 6.45) is 7.29. The molecule has 0 saturated carbocycles. The Balaban J connectivity index is 1.47. The van der Waals surface area contributed by atoms with Gasteiger partial charge in [-0.1, -0.05) is 36.3 Å². The van der Waals surface area contributed by atoms with E-state index >= 15 is 0 Å². The largest absolute Gasteiger partial charge is 0.279 e. The van der Waals surface area contributed by atoms with Gasteiger partial charge in [0.1, 0.15) is 0 Å². The first kappa shape index (κ1) is 25.5. The average molecular weight is 535 g/mol. The van der Waals surface area contributed by atoms with Gasteiger partial charge in [0.2, 0.25) is 10.0 Å². The minimum Gasteiger partial charge on any atom is -0.279 e. The summed E-state index contributed by atoms with van der Waals surface area (Å²) in [4.78, 5) is 24.7. The van der Waals surface area contributed by atoms with Crippen LogP contribution in [-0.2, 0) is 16.6 Å². The van der Waals surface area contributed by atoms with Crippen LogP contribution in [0.1, 0.15) is 52.7 Å². The number of rotatable bonds is 6. The Kier molecular flexibility index (Phi) is 7.37. The second-order valence-electron chi connectivity index (χ2n) is 9.45. The van der Waals surface area contributed by atoms with E-state index in [0.717, 1.165) is 52.6 Å². The summed E-state index contributed by atoms with van der Waals surface area (Å²) in [6, 6.07) is 14.2. The number of fused-ring (bicyclic) bond motifs is 1. The van der Waals surface area contributed by atoms with Crippen LogP contribution >= 0.6 is 11.3 Å². The van der Waals surface area contributed by atoms with Crippen molar-refractivity contribution in [1.29, 1.82) is 0 Å². The van der Waals surface area contributed by atoms with Gasteiger partial charge < -0.3 is 0 Å². The molecule has 192 valence electrons. The molecule has 2 aromatic carbocycles. The van der Waals surface area contributed by atoms with Crippen LogP contribution in [0.3, 0.4) is 0 Å². The highest BCUT2D eigenvalue weighted by atomic mass is 32.2. The molecule has 0 radical (unpaired) electrons. The zero-order valence-corrected chi connectivity index (χ0v) is 22.7. The van der Waals surface area contributed by atoms with E-state index < -0.39 is 10.0 Å². The van der Waals surface area contributed by atoms with Gasteiger partial charge in [-0.3, -0.25) is 14.7 Å². The van der Waals surface area contributed by atoms with Crippen LogP contribution in [0.2, 0.25) is 0 Å². The summed E-state index contributed by atoms with van der Waals surface area (Å²) in [5.41, 5.74) is 4.42. The van der Waals surface area contributed by atoms with Gasteiger partial charge in [-0.15, -0.1) is 0 Å². The van der Waals surface area contributed by atoms with Crippen LogP contribution in [-0.4, -0.2) is 41.7 Å². The Hall–Kier alpha value is -3.14. The Morgan fingerprint density at radius 1 is 1.00 bits per heavy atom. The fourth-order valence-corrected chi connectivity index (χ4v) is 7.13. The first-order chi connectivity index (χ1) is 17.8. The highest BCUT2D eigenvalue weighted by Crippen LogP contribution is 2.33. The van der Waals surface area contributed by atoms with Crippen molar-refractivity contribution in [1.82, 2.24) is 14.3 Å². The van der Waals surface area contributed by atoms with E-state index in [2.05, 4.69) is 11.1 Å². The minimum absolute atomic E-state index is 0.218. The molecule has 0 atom stereocenters. The summed E-state index contributed by atoms with van der Waals surface area (Å²) in [5.74, 6) is -0.240. The molecular formula is C28H30N4O3S2. The Morgan fingerprint density at radius 2 is 1.73 bits per heavy atom. The number of benzene rings is 2. The lowest BCUT2D eigenvalue weighted by atomic mass is 10.1. The average Bonchev–Trinajstić information content (AvgIpc) is 3.15. The third-order valence-electron chi connectivity index (χ3n) is 6.92. The normalized spacial score (nSPS) is 15.0. The first-order valence-electron chi connectivity index (χ1n) is 12.5. The predicted molar refractivity (Wildman–Crippen MR) is 148 cm³/mol. The second-order valence-corrected chi connectivity index (χ2v) is 12.4. The van der Waals surface area contributed by atoms with Gasteiger partial charge in [0.15, 0.2) is 5.13 Å². The van der Waals surface area contributed by atoms with Crippen LogP contribution in [0.4, 0.5) is 5.13 Å². The Morgan fingerprint density at radius 3 is 2.41 bits per heavy atom. The minimum atomic E-state index is -3.59. The molecule has 1 aliphatic heterocycles. The molecule has 1 fully saturated rings. The molecule has 0 unspecified atom stereocenters. The number of nitrogens with zero attached hydrogens (tertiary/aromatic N) is 4. The molecule has 37 heavy (non-hydrogen) atoms. The molecule has 5 rings (SSSR count). The van der Waals surface area contributed by atoms with E-state index in [4.69, 9.17) is 4.98 Å². The summed E-state index contributed by atoms with van der Waals surface area (Å²) in [6.45, 7) is 5.47. The van der Waals surface area contributed by atoms with Crippen molar-refractivity contribution in [3.05, 3.63) is 83.2 Å². The van der Waals surface area contributed by atoms with Gasteiger partial charge in [-0.05, 0) is 79.8 Å². The Bertz CT molecular complexity index is 1510. The van der Waals surface area contributed by atoms with Gasteiger partial charge >= 0.3 is 0 Å². The maximum Gasteiger partial charge on any atom is 0.260 e. The number of thiazole rings is 1. The van der Waals surface area contributed by atoms with Crippen molar-refractivity contribution in [2.45, 2.75) is 51.0 Å². The number of amides is 1. The molecule has 2 aromatic heterocycles. The van der Waals surface area contributed by atoms with Crippen molar-refractivity contribution in [2.75, 3.05) is 18.0 Å². The van der Waals surface area contributed by atoms with Crippen molar-refractivity contribution in [3.8, 4) is 0 Å². The van der Waals surface area contributed by atoms with Crippen molar-refractivity contribution in [3.63, 3.8) is 0 Å². The summed E-state index contributed by atoms with van der Waals surface area (Å²) >= 11 is 1.47. The van der Waals surface area contributed by atoms with Crippen LogP contribution in [0.25, 0.3) is 10.2 Å². The first-order valence-corrected chi connectivity index (χ1v) is 14.8. The van der Waals surface area contributed by atoms with E-state index in [1.165, 1.54) is 11.3 Å². The molecule has 1 aliphatic rings. The number of carbonyl (C=O) groups excluding carboxylic acids is 1. The van der Waals surface area contributed by atoms with E-state index in [1.807, 2.05) is 32.0 Å². The topological polar surface area (TPSA) is 83.5 Å². The number of aryl methyl sites for hydroxylation is 2. The lowest BCUT2D eigenvalue weighted by molar-refractivity contribution is 0.0985. The third-order valence-corrected chi connectivity index (χ3v) is 9.87.